The molecule has 2 amide bonds. The van der Waals surface area contributed by atoms with Crippen molar-refractivity contribution in [2.24, 2.45) is 0 Å². The van der Waals surface area contributed by atoms with Crippen LogP contribution < -0.4 is 4.90 Å². The van der Waals surface area contributed by atoms with Crippen molar-refractivity contribution in [2.45, 2.75) is 31.8 Å². The van der Waals surface area contributed by atoms with Crippen molar-refractivity contribution in [1.82, 2.24) is 9.88 Å². The van der Waals surface area contributed by atoms with E-state index in [1.165, 1.54) is 19.1 Å². The topological polar surface area (TPSA) is 73.7 Å². The van der Waals surface area contributed by atoms with E-state index in [0.29, 0.717) is 5.56 Å². The Morgan fingerprint density at radius 2 is 1.90 bits per heavy atom. The van der Waals surface area contributed by atoms with Crippen LogP contribution in [-0.2, 0) is 22.3 Å². The zero-order valence-corrected chi connectivity index (χ0v) is 16.3. The normalized spacial score (nSPS) is 18.7. The lowest BCUT2D eigenvalue weighted by Crippen LogP contribution is -2.63. The molecule has 1 saturated heterocycles. The van der Waals surface area contributed by atoms with E-state index in [1.807, 2.05) is 0 Å². The molecule has 0 radical (unpaired) electrons. The maximum atomic E-state index is 14.2. The highest BCUT2D eigenvalue weighted by atomic mass is 35.5. The Balaban J connectivity index is 1.88. The molecule has 1 fully saturated rings. The van der Waals surface area contributed by atoms with Crippen LogP contribution in [0.25, 0.3) is 0 Å². The van der Waals surface area contributed by atoms with Crippen LogP contribution in [0.4, 0.5) is 23.4 Å². The zero-order valence-electron chi connectivity index (χ0n) is 15.5. The van der Waals surface area contributed by atoms with Crippen molar-refractivity contribution >= 4 is 29.2 Å². The van der Waals surface area contributed by atoms with Crippen molar-refractivity contribution in [1.29, 1.82) is 0 Å². The molecule has 160 valence electrons. The van der Waals surface area contributed by atoms with E-state index >= 15 is 0 Å². The van der Waals surface area contributed by atoms with Crippen LogP contribution in [0, 0.1) is 5.82 Å². The highest BCUT2D eigenvalue weighted by molar-refractivity contribution is 6.30. The number of amides is 2. The molecule has 1 aliphatic heterocycles. The minimum Gasteiger partial charge on any atom is -0.391 e. The zero-order chi connectivity index (χ0) is 22.2. The fourth-order valence-electron chi connectivity index (χ4n) is 3.19. The van der Waals surface area contributed by atoms with Crippen LogP contribution >= 0.6 is 11.6 Å². The lowest BCUT2D eigenvalue weighted by atomic mass is 10.0. The second-order valence-corrected chi connectivity index (χ2v) is 7.22. The molecular weight excluding hydrogens is 430 g/mol. The van der Waals surface area contributed by atoms with E-state index < -0.39 is 53.9 Å². The molecular formula is C19H16ClF4N3O3. The third kappa shape index (κ3) is 4.39. The van der Waals surface area contributed by atoms with Gasteiger partial charge in [-0.15, -0.1) is 0 Å². The predicted molar refractivity (Wildman–Crippen MR) is 99.0 cm³/mol. The van der Waals surface area contributed by atoms with Crippen LogP contribution in [0.15, 0.2) is 36.5 Å². The summed E-state index contributed by atoms with van der Waals surface area (Å²) in [6.07, 6.45) is -4.72. The van der Waals surface area contributed by atoms with Crippen LogP contribution in [-0.4, -0.2) is 45.5 Å². The lowest BCUT2D eigenvalue weighted by molar-refractivity contribution is -0.148. The fraction of sp³-hybridized carbons (Fsp3) is 0.316. The molecule has 1 N–H and O–H groups in total. The van der Waals surface area contributed by atoms with Gasteiger partial charge in [0.25, 0.3) is 5.91 Å². The van der Waals surface area contributed by atoms with Gasteiger partial charge in [0.05, 0.1) is 16.7 Å². The fourth-order valence-corrected chi connectivity index (χ4v) is 3.33. The van der Waals surface area contributed by atoms with Gasteiger partial charge in [-0.1, -0.05) is 23.7 Å². The van der Waals surface area contributed by atoms with E-state index in [2.05, 4.69) is 4.98 Å². The Morgan fingerprint density at radius 3 is 2.43 bits per heavy atom. The van der Waals surface area contributed by atoms with E-state index in [-0.39, 0.29) is 11.6 Å². The van der Waals surface area contributed by atoms with Crippen molar-refractivity contribution in [2.75, 3.05) is 11.4 Å². The average molecular weight is 446 g/mol. The molecule has 0 saturated carbocycles. The van der Waals surface area contributed by atoms with Crippen LogP contribution in [0.1, 0.15) is 18.1 Å². The van der Waals surface area contributed by atoms with E-state index in [4.69, 9.17) is 11.6 Å². The molecule has 0 bridgehead atoms. The van der Waals surface area contributed by atoms with E-state index in [1.54, 1.807) is 0 Å². The van der Waals surface area contributed by atoms with Gasteiger partial charge in [0, 0.05) is 12.7 Å². The summed E-state index contributed by atoms with van der Waals surface area (Å²) in [6.45, 7) is 0.529. The Labute approximate surface area is 173 Å². The van der Waals surface area contributed by atoms with Gasteiger partial charge in [0.1, 0.15) is 12.6 Å². The van der Waals surface area contributed by atoms with Crippen LogP contribution in [0.2, 0.25) is 5.02 Å². The molecule has 1 aromatic heterocycles. The molecule has 1 aromatic carbocycles. The number of halogens is 5. The minimum absolute atomic E-state index is 0.00282. The van der Waals surface area contributed by atoms with E-state index in [0.717, 1.165) is 34.2 Å². The van der Waals surface area contributed by atoms with Crippen molar-refractivity contribution in [3.63, 3.8) is 0 Å². The Hall–Kier alpha value is -2.72. The molecule has 2 heterocycles. The number of piperazine rings is 1. The molecule has 2 atom stereocenters. The molecule has 30 heavy (non-hydrogen) atoms. The standard InChI is InChI=1S/C19H16ClF4N3O3/c1-10(28)16-18(30)27(17-14(21)6-13(20)7-25-17)9-15(29)26(16)8-11-2-4-12(5-3-11)19(22,23)24/h2-7,10,16,28H,8-9H2,1H3/t10-,16-/m1/s1. The number of hydrogen-bond acceptors (Lipinski definition) is 4. The molecule has 0 aliphatic carbocycles. The summed E-state index contributed by atoms with van der Waals surface area (Å²) in [5, 5.41) is 10.1. The molecule has 0 spiro atoms. The van der Waals surface area contributed by atoms with Gasteiger partial charge < -0.3 is 10.0 Å². The highest BCUT2D eigenvalue weighted by Gasteiger charge is 2.43. The Morgan fingerprint density at radius 1 is 1.27 bits per heavy atom. The Kier molecular flexibility index (Phi) is 6.00. The number of benzene rings is 1. The van der Waals surface area contributed by atoms with Gasteiger partial charge in [0.15, 0.2) is 11.6 Å². The third-order valence-electron chi connectivity index (χ3n) is 4.60. The first kappa shape index (κ1) is 22.0. The van der Waals surface area contributed by atoms with Gasteiger partial charge in [-0.2, -0.15) is 13.2 Å². The minimum atomic E-state index is -4.51. The number of carbonyl (C=O) groups excluding carboxylic acids is 2. The maximum Gasteiger partial charge on any atom is 0.416 e. The van der Waals surface area contributed by atoms with E-state index in [9.17, 15) is 32.3 Å². The molecule has 2 aromatic rings. The summed E-state index contributed by atoms with van der Waals surface area (Å²) in [6, 6.07) is 3.67. The molecule has 1 aliphatic rings. The number of hydrogen-bond donors (Lipinski definition) is 1. The lowest BCUT2D eigenvalue weighted by Gasteiger charge is -2.41. The second kappa shape index (κ2) is 8.19. The van der Waals surface area contributed by atoms with Gasteiger partial charge in [0.2, 0.25) is 5.91 Å². The molecule has 0 unspecified atom stereocenters. The van der Waals surface area contributed by atoms with Crippen molar-refractivity contribution in [3.8, 4) is 0 Å². The Bertz CT molecular complexity index is 966. The number of nitrogens with zero attached hydrogens (tertiary/aromatic N) is 3. The number of aliphatic hydroxyl groups excluding tert-OH is 1. The SMILES string of the molecule is C[C@@H](O)[C@@H]1C(=O)N(c2ncc(Cl)cc2F)CC(=O)N1Cc1ccc(C(F)(F)F)cc1. The first-order valence-electron chi connectivity index (χ1n) is 8.75. The van der Waals surface area contributed by atoms with Crippen LogP contribution in [0.3, 0.4) is 0 Å². The number of alkyl halides is 3. The van der Waals surface area contributed by atoms with Crippen molar-refractivity contribution < 1.29 is 32.3 Å². The molecule has 6 nitrogen and oxygen atoms in total. The van der Waals surface area contributed by atoms with Gasteiger partial charge in [-0.3, -0.25) is 14.5 Å². The number of aliphatic hydroxyl groups is 1. The van der Waals surface area contributed by atoms with Crippen LogP contribution in [0.5, 0.6) is 0 Å². The summed E-state index contributed by atoms with van der Waals surface area (Å²) in [5.41, 5.74) is -0.520. The summed E-state index contributed by atoms with van der Waals surface area (Å²) in [5.74, 6) is -2.72. The highest BCUT2D eigenvalue weighted by Crippen LogP contribution is 2.30. The first-order valence-corrected chi connectivity index (χ1v) is 9.13. The average Bonchev–Trinajstić information content (AvgIpc) is 2.64. The first-order chi connectivity index (χ1) is 14.0. The quantitative estimate of drug-likeness (QED) is 0.734. The monoisotopic (exact) mass is 445 g/mol. The number of anilines is 1. The predicted octanol–water partition coefficient (Wildman–Crippen LogP) is 3.02. The second-order valence-electron chi connectivity index (χ2n) is 6.79. The number of aromatic nitrogens is 1. The summed E-state index contributed by atoms with van der Waals surface area (Å²) >= 11 is 5.66. The number of rotatable bonds is 4. The van der Waals surface area contributed by atoms with Gasteiger partial charge in [-0.25, -0.2) is 9.37 Å². The number of pyridine rings is 1. The molecule has 3 rings (SSSR count). The van der Waals surface area contributed by atoms with Gasteiger partial charge in [-0.05, 0) is 30.7 Å². The third-order valence-corrected chi connectivity index (χ3v) is 4.81. The van der Waals surface area contributed by atoms with Gasteiger partial charge >= 0.3 is 6.18 Å². The maximum absolute atomic E-state index is 14.2. The molecule has 11 heteroatoms. The van der Waals surface area contributed by atoms with Crippen molar-refractivity contribution in [3.05, 3.63) is 58.5 Å². The summed E-state index contributed by atoms with van der Waals surface area (Å²) in [7, 11) is 0. The summed E-state index contributed by atoms with van der Waals surface area (Å²) < 4.78 is 52.4. The largest absolute Gasteiger partial charge is 0.416 e. The summed E-state index contributed by atoms with van der Waals surface area (Å²) in [4.78, 5) is 31.3. The number of carbonyl (C=O) groups is 2. The smallest absolute Gasteiger partial charge is 0.391 e.